The molecule has 0 saturated carbocycles. The molecule has 116 valence electrons. The fourth-order valence-corrected chi connectivity index (χ4v) is 3.29. The number of aliphatic hydroxyl groups excluding tert-OH is 1. The second kappa shape index (κ2) is 7.75. The molecule has 0 aliphatic carbocycles. The quantitative estimate of drug-likeness (QED) is 0.849. The highest BCUT2D eigenvalue weighted by Gasteiger charge is 2.22. The number of piperidine rings is 1. The van der Waals surface area contributed by atoms with Crippen molar-refractivity contribution in [2.24, 2.45) is 5.92 Å². The molecule has 1 aromatic rings. The SMILES string of the molecule is O=C(CCSc1ccc(F)c(F)c1)N1CCCC(CO)C1. The molecule has 1 fully saturated rings. The van der Waals surface area contributed by atoms with E-state index in [1.807, 2.05) is 0 Å². The molecule has 0 radical (unpaired) electrons. The first-order valence-corrected chi connectivity index (χ1v) is 8.05. The number of thioether (sulfide) groups is 1. The lowest BCUT2D eigenvalue weighted by Crippen LogP contribution is -2.41. The summed E-state index contributed by atoms with van der Waals surface area (Å²) in [7, 11) is 0. The summed E-state index contributed by atoms with van der Waals surface area (Å²) < 4.78 is 25.8. The van der Waals surface area contributed by atoms with E-state index in [0.717, 1.165) is 31.5 Å². The molecule has 6 heteroatoms. The maximum Gasteiger partial charge on any atom is 0.223 e. The lowest BCUT2D eigenvalue weighted by molar-refractivity contribution is -0.132. The van der Waals surface area contributed by atoms with Crippen molar-refractivity contribution < 1.29 is 18.7 Å². The van der Waals surface area contributed by atoms with Gasteiger partial charge in [0.05, 0.1) is 0 Å². The molecule has 1 unspecified atom stereocenters. The number of aliphatic hydroxyl groups is 1. The summed E-state index contributed by atoms with van der Waals surface area (Å²) >= 11 is 1.34. The third-order valence-corrected chi connectivity index (χ3v) is 4.60. The molecule has 3 nitrogen and oxygen atoms in total. The van der Waals surface area contributed by atoms with E-state index >= 15 is 0 Å². The van der Waals surface area contributed by atoms with Crippen molar-refractivity contribution in [3.63, 3.8) is 0 Å². The predicted molar refractivity (Wildman–Crippen MR) is 78.1 cm³/mol. The normalized spacial score (nSPS) is 18.8. The smallest absolute Gasteiger partial charge is 0.223 e. The van der Waals surface area contributed by atoms with Gasteiger partial charge in [0.2, 0.25) is 5.91 Å². The summed E-state index contributed by atoms with van der Waals surface area (Å²) in [4.78, 5) is 14.5. The van der Waals surface area contributed by atoms with E-state index in [1.54, 1.807) is 4.90 Å². The van der Waals surface area contributed by atoms with Crippen molar-refractivity contribution in [1.29, 1.82) is 0 Å². The summed E-state index contributed by atoms with van der Waals surface area (Å²) in [6.45, 7) is 1.48. The van der Waals surface area contributed by atoms with E-state index in [9.17, 15) is 13.6 Å². The van der Waals surface area contributed by atoms with Gasteiger partial charge < -0.3 is 10.0 Å². The van der Waals surface area contributed by atoms with Crippen LogP contribution in [0.15, 0.2) is 23.1 Å². The summed E-state index contributed by atoms with van der Waals surface area (Å²) in [6.07, 6.45) is 2.25. The van der Waals surface area contributed by atoms with E-state index < -0.39 is 11.6 Å². The third kappa shape index (κ3) is 4.68. The Labute approximate surface area is 127 Å². The van der Waals surface area contributed by atoms with Crippen molar-refractivity contribution in [1.82, 2.24) is 4.90 Å². The highest BCUT2D eigenvalue weighted by atomic mass is 32.2. The number of hydrogen-bond donors (Lipinski definition) is 1. The van der Waals surface area contributed by atoms with Crippen LogP contribution >= 0.6 is 11.8 Å². The van der Waals surface area contributed by atoms with Gasteiger partial charge in [0, 0.05) is 36.8 Å². The molecular formula is C15H19F2NO2S. The number of nitrogens with zero attached hydrogens (tertiary/aromatic N) is 1. The van der Waals surface area contributed by atoms with Crippen molar-refractivity contribution in [3.8, 4) is 0 Å². The summed E-state index contributed by atoms with van der Waals surface area (Å²) in [6, 6.07) is 3.75. The minimum Gasteiger partial charge on any atom is -0.396 e. The van der Waals surface area contributed by atoms with Crippen molar-refractivity contribution in [2.75, 3.05) is 25.4 Å². The molecular weight excluding hydrogens is 296 g/mol. The number of carbonyl (C=O) groups excluding carboxylic acids is 1. The van der Waals surface area contributed by atoms with Crippen LogP contribution in [0, 0.1) is 17.6 Å². The summed E-state index contributed by atoms with van der Waals surface area (Å²) in [5.41, 5.74) is 0. The van der Waals surface area contributed by atoms with Crippen molar-refractivity contribution in [2.45, 2.75) is 24.2 Å². The Hall–Kier alpha value is -1.14. The average molecular weight is 315 g/mol. The van der Waals surface area contributed by atoms with E-state index in [0.29, 0.717) is 23.6 Å². The van der Waals surface area contributed by atoms with Gasteiger partial charge in [0.1, 0.15) is 0 Å². The number of rotatable bonds is 5. The van der Waals surface area contributed by atoms with Crippen LogP contribution < -0.4 is 0 Å². The van der Waals surface area contributed by atoms with E-state index in [1.165, 1.54) is 17.8 Å². The maximum absolute atomic E-state index is 13.1. The average Bonchev–Trinajstić information content (AvgIpc) is 2.50. The highest BCUT2D eigenvalue weighted by Crippen LogP contribution is 2.22. The number of halogens is 2. The lowest BCUT2D eigenvalue weighted by atomic mass is 9.99. The fourth-order valence-electron chi connectivity index (χ4n) is 2.42. The number of carbonyl (C=O) groups is 1. The minimum absolute atomic E-state index is 0.0585. The lowest BCUT2D eigenvalue weighted by Gasteiger charge is -2.31. The minimum atomic E-state index is -0.867. The molecule has 1 heterocycles. The first kappa shape index (κ1) is 16.2. The van der Waals surface area contributed by atoms with Crippen LogP contribution in [-0.2, 0) is 4.79 Å². The van der Waals surface area contributed by atoms with Gasteiger partial charge in [-0.3, -0.25) is 4.79 Å². The van der Waals surface area contributed by atoms with Gasteiger partial charge in [-0.2, -0.15) is 0 Å². The molecule has 1 aliphatic rings. The van der Waals surface area contributed by atoms with Gasteiger partial charge in [-0.05, 0) is 37.0 Å². The van der Waals surface area contributed by atoms with E-state index in [2.05, 4.69) is 0 Å². The monoisotopic (exact) mass is 315 g/mol. The predicted octanol–water partition coefficient (Wildman–Crippen LogP) is 2.68. The zero-order chi connectivity index (χ0) is 15.2. The van der Waals surface area contributed by atoms with Gasteiger partial charge in [-0.15, -0.1) is 11.8 Å². The number of likely N-dealkylation sites (tertiary alicyclic amines) is 1. The third-order valence-electron chi connectivity index (χ3n) is 3.61. The molecule has 0 bridgehead atoms. The highest BCUT2D eigenvalue weighted by molar-refractivity contribution is 7.99. The molecule has 1 amide bonds. The molecule has 21 heavy (non-hydrogen) atoms. The van der Waals surface area contributed by atoms with Crippen LogP contribution in [0.5, 0.6) is 0 Å². The first-order valence-electron chi connectivity index (χ1n) is 7.06. The summed E-state index contributed by atoms with van der Waals surface area (Å²) in [5, 5.41) is 9.16. The van der Waals surface area contributed by atoms with Crippen molar-refractivity contribution in [3.05, 3.63) is 29.8 Å². The molecule has 1 N–H and O–H groups in total. The molecule has 1 atom stereocenters. The number of benzene rings is 1. The zero-order valence-corrected chi connectivity index (χ0v) is 12.5. The van der Waals surface area contributed by atoms with Gasteiger partial charge >= 0.3 is 0 Å². The van der Waals surface area contributed by atoms with E-state index in [-0.39, 0.29) is 18.4 Å². The van der Waals surface area contributed by atoms with Crippen LogP contribution in [0.4, 0.5) is 8.78 Å². The van der Waals surface area contributed by atoms with Crippen LogP contribution in [0.25, 0.3) is 0 Å². The fraction of sp³-hybridized carbons (Fsp3) is 0.533. The van der Waals surface area contributed by atoms with Crippen LogP contribution in [-0.4, -0.2) is 41.4 Å². The van der Waals surface area contributed by atoms with Gasteiger partial charge in [0.25, 0.3) is 0 Å². The van der Waals surface area contributed by atoms with Gasteiger partial charge in [-0.1, -0.05) is 0 Å². The first-order chi connectivity index (χ1) is 10.1. The van der Waals surface area contributed by atoms with Crippen molar-refractivity contribution >= 4 is 17.7 Å². The zero-order valence-electron chi connectivity index (χ0n) is 11.7. The Morgan fingerprint density at radius 3 is 2.90 bits per heavy atom. The molecule has 2 rings (SSSR count). The van der Waals surface area contributed by atoms with Crippen LogP contribution in [0.3, 0.4) is 0 Å². The number of amides is 1. The van der Waals surface area contributed by atoms with Crippen LogP contribution in [0.2, 0.25) is 0 Å². The Balaban J connectivity index is 1.77. The van der Waals surface area contributed by atoms with Gasteiger partial charge in [-0.25, -0.2) is 8.78 Å². The Morgan fingerprint density at radius 2 is 2.19 bits per heavy atom. The largest absolute Gasteiger partial charge is 0.396 e. The summed E-state index contributed by atoms with van der Waals surface area (Å²) in [5.74, 6) is -0.957. The molecule has 0 aromatic heterocycles. The molecule has 1 aliphatic heterocycles. The van der Waals surface area contributed by atoms with Gasteiger partial charge in [0.15, 0.2) is 11.6 Å². The topological polar surface area (TPSA) is 40.5 Å². The second-order valence-corrected chi connectivity index (χ2v) is 6.37. The number of hydrogen-bond acceptors (Lipinski definition) is 3. The Morgan fingerprint density at radius 1 is 1.38 bits per heavy atom. The maximum atomic E-state index is 13.1. The standard InChI is InChI=1S/C15H19F2NO2S/c16-13-4-3-12(8-14(13)17)21-7-5-15(20)18-6-1-2-11(9-18)10-19/h3-4,8,11,19H,1-2,5-7,9-10H2. The molecule has 1 saturated heterocycles. The van der Waals surface area contributed by atoms with Crippen LogP contribution in [0.1, 0.15) is 19.3 Å². The second-order valence-electron chi connectivity index (χ2n) is 5.20. The van der Waals surface area contributed by atoms with E-state index in [4.69, 9.17) is 5.11 Å². The molecule has 1 aromatic carbocycles. The Bertz CT molecular complexity index is 499. The Kier molecular flexibility index (Phi) is 5.99. The molecule has 0 spiro atoms.